The molecular formula is C16H14FNO2S. The maximum absolute atomic E-state index is 13.3. The molecule has 0 bridgehead atoms. The van der Waals surface area contributed by atoms with Crippen molar-refractivity contribution in [3.05, 3.63) is 65.0 Å². The highest BCUT2D eigenvalue weighted by Crippen LogP contribution is 2.21. The molecule has 0 aliphatic rings. The van der Waals surface area contributed by atoms with Gasteiger partial charge in [-0.05, 0) is 35.9 Å². The van der Waals surface area contributed by atoms with Gasteiger partial charge in [-0.25, -0.2) is 4.39 Å². The minimum atomic E-state index is -1.18. The lowest BCUT2D eigenvalue weighted by Gasteiger charge is -2.08. The van der Waals surface area contributed by atoms with Gasteiger partial charge in [0.2, 0.25) is 0 Å². The summed E-state index contributed by atoms with van der Waals surface area (Å²) < 4.78 is 30.6. The van der Waals surface area contributed by atoms with E-state index >= 15 is 0 Å². The van der Waals surface area contributed by atoms with Crippen molar-refractivity contribution >= 4 is 10.8 Å². The molecule has 0 aliphatic carbocycles. The van der Waals surface area contributed by atoms with Crippen LogP contribution in [0.5, 0.6) is 5.75 Å². The molecule has 0 aliphatic heterocycles. The van der Waals surface area contributed by atoms with E-state index in [4.69, 9.17) is 10.00 Å². The molecule has 0 unspecified atom stereocenters. The van der Waals surface area contributed by atoms with E-state index in [0.29, 0.717) is 22.6 Å². The van der Waals surface area contributed by atoms with Gasteiger partial charge in [0.15, 0.2) is 0 Å². The summed E-state index contributed by atoms with van der Waals surface area (Å²) in [5.74, 6) is 0.734. The number of hydrogen-bond acceptors (Lipinski definition) is 3. The normalized spacial score (nSPS) is 11.7. The number of benzene rings is 2. The van der Waals surface area contributed by atoms with Gasteiger partial charge in [0.05, 0.1) is 24.5 Å². The lowest BCUT2D eigenvalue weighted by atomic mass is 10.2. The molecule has 0 aromatic heterocycles. The standard InChI is InChI=1S/C16H14FNO2S/c1-20-16-7-6-15(17)8-14(16)11-21(19)10-13-4-2-12(9-18)3-5-13/h2-8H,10-11H2,1H3/t21-/m0/s1. The Hall–Kier alpha value is -2.19. The van der Waals surface area contributed by atoms with E-state index in [1.165, 1.54) is 25.3 Å². The molecule has 0 saturated heterocycles. The SMILES string of the molecule is COc1ccc(F)cc1C[S@@](=O)Cc1ccc(C#N)cc1. The molecule has 0 fully saturated rings. The third kappa shape index (κ3) is 4.14. The van der Waals surface area contributed by atoms with Gasteiger partial charge in [-0.15, -0.1) is 0 Å². The monoisotopic (exact) mass is 303 g/mol. The van der Waals surface area contributed by atoms with E-state index in [1.54, 1.807) is 24.3 Å². The molecule has 2 aromatic rings. The third-order valence-corrected chi connectivity index (χ3v) is 4.26. The van der Waals surface area contributed by atoms with Gasteiger partial charge in [0.1, 0.15) is 11.6 Å². The third-order valence-electron chi connectivity index (χ3n) is 2.97. The molecule has 3 nitrogen and oxygen atoms in total. The second-order valence-electron chi connectivity index (χ2n) is 4.49. The van der Waals surface area contributed by atoms with E-state index < -0.39 is 10.8 Å². The Labute approximate surface area is 125 Å². The maximum atomic E-state index is 13.3. The zero-order chi connectivity index (χ0) is 15.2. The van der Waals surface area contributed by atoms with Crippen LogP contribution in [0.25, 0.3) is 0 Å². The second kappa shape index (κ2) is 7.00. The van der Waals surface area contributed by atoms with Crippen LogP contribution < -0.4 is 4.74 Å². The number of methoxy groups -OCH3 is 1. The quantitative estimate of drug-likeness (QED) is 0.852. The molecule has 1 atom stereocenters. The highest BCUT2D eigenvalue weighted by Gasteiger charge is 2.09. The summed E-state index contributed by atoms with van der Waals surface area (Å²) in [6, 6.07) is 13.2. The van der Waals surface area contributed by atoms with Crippen LogP contribution >= 0.6 is 0 Å². The highest BCUT2D eigenvalue weighted by molar-refractivity contribution is 7.83. The fraction of sp³-hybridized carbons (Fsp3) is 0.188. The average Bonchev–Trinajstić information content (AvgIpc) is 2.48. The lowest BCUT2D eigenvalue weighted by molar-refractivity contribution is 0.410. The summed E-state index contributed by atoms with van der Waals surface area (Å²) in [6.45, 7) is 0. The topological polar surface area (TPSA) is 50.1 Å². The lowest BCUT2D eigenvalue weighted by Crippen LogP contribution is -2.02. The summed E-state index contributed by atoms with van der Waals surface area (Å²) in [5.41, 5.74) is 2.03. The van der Waals surface area contributed by atoms with Crippen LogP contribution in [0.15, 0.2) is 42.5 Å². The summed E-state index contributed by atoms with van der Waals surface area (Å²) >= 11 is 0. The van der Waals surface area contributed by atoms with E-state index in [0.717, 1.165) is 5.56 Å². The molecule has 2 rings (SSSR count). The van der Waals surface area contributed by atoms with Gasteiger partial charge >= 0.3 is 0 Å². The van der Waals surface area contributed by atoms with E-state index in [1.807, 2.05) is 6.07 Å². The Kier molecular flexibility index (Phi) is 5.07. The van der Waals surface area contributed by atoms with Crippen molar-refractivity contribution in [1.82, 2.24) is 0 Å². The van der Waals surface area contributed by atoms with Gasteiger partial charge in [-0.1, -0.05) is 12.1 Å². The Morgan fingerprint density at radius 3 is 2.52 bits per heavy atom. The summed E-state index contributed by atoms with van der Waals surface area (Å²) in [4.78, 5) is 0. The molecule has 5 heteroatoms. The molecule has 21 heavy (non-hydrogen) atoms. The number of hydrogen-bond donors (Lipinski definition) is 0. The first-order valence-corrected chi connectivity index (χ1v) is 7.77. The van der Waals surface area contributed by atoms with Crippen molar-refractivity contribution in [3.63, 3.8) is 0 Å². The first kappa shape index (κ1) is 15.2. The first-order chi connectivity index (χ1) is 10.1. The van der Waals surface area contributed by atoms with Crippen LogP contribution in [0.3, 0.4) is 0 Å². The molecule has 108 valence electrons. The Morgan fingerprint density at radius 1 is 1.19 bits per heavy atom. The number of halogens is 1. The zero-order valence-corrected chi connectivity index (χ0v) is 12.3. The molecule has 0 amide bonds. The van der Waals surface area contributed by atoms with Crippen molar-refractivity contribution in [3.8, 4) is 11.8 Å². The predicted molar refractivity (Wildman–Crippen MR) is 79.7 cm³/mol. The summed E-state index contributed by atoms with van der Waals surface area (Å²) in [7, 11) is 0.320. The van der Waals surface area contributed by atoms with Gasteiger partial charge < -0.3 is 4.74 Å². The predicted octanol–water partition coefficient (Wildman–Crippen LogP) is 3.15. The van der Waals surface area contributed by atoms with Crippen LogP contribution in [-0.2, 0) is 22.3 Å². The van der Waals surface area contributed by atoms with Gasteiger partial charge in [-0.2, -0.15) is 5.26 Å². The molecule has 2 aromatic carbocycles. The Bertz CT molecular complexity index is 692. The van der Waals surface area contributed by atoms with Crippen LogP contribution in [0, 0.1) is 17.1 Å². The van der Waals surface area contributed by atoms with Crippen LogP contribution in [0.1, 0.15) is 16.7 Å². The minimum Gasteiger partial charge on any atom is -0.496 e. The van der Waals surface area contributed by atoms with Gasteiger partial charge in [0, 0.05) is 22.1 Å². The van der Waals surface area contributed by atoms with Crippen molar-refractivity contribution in [2.75, 3.05) is 7.11 Å². The van der Waals surface area contributed by atoms with E-state index in [2.05, 4.69) is 0 Å². The summed E-state index contributed by atoms with van der Waals surface area (Å²) in [6.07, 6.45) is 0. The van der Waals surface area contributed by atoms with Crippen LogP contribution in [-0.4, -0.2) is 11.3 Å². The number of ether oxygens (including phenoxy) is 1. The number of nitriles is 1. The van der Waals surface area contributed by atoms with Crippen molar-refractivity contribution < 1.29 is 13.3 Å². The maximum Gasteiger partial charge on any atom is 0.123 e. The smallest absolute Gasteiger partial charge is 0.123 e. The van der Waals surface area contributed by atoms with Gasteiger partial charge in [0.25, 0.3) is 0 Å². The number of rotatable bonds is 5. The van der Waals surface area contributed by atoms with E-state index in [9.17, 15) is 8.60 Å². The highest BCUT2D eigenvalue weighted by atomic mass is 32.2. The average molecular weight is 303 g/mol. The Morgan fingerprint density at radius 2 is 1.90 bits per heavy atom. The van der Waals surface area contributed by atoms with Crippen LogP contribution in [0.2, 0.25) is 0 Å². The minimum absolute atomic E-state index is 0.223. The molecule has 0 N–H and O–H groups in total. The van der Waals surface area contributed by atoms with Gasteiger partial charge in [-0.3, -0.25) is 4.21 Å². The van der Waals surface area contributed by atoms with Crippen molar-refractivity contribution in [2.45, 2.75) is 11.5 Å². The fourth-order valence-corrected chi connectivity index (χ4v) is 3.18. The summed E-state index contributed by atoms with van der Waals surface area (Å²) in [5, 5.41) is 8.73. The fourth-order valence-electron chi connectivity index (χ4n) is 1.95. The Balaban J connectivity index is 2.07. The zero-order valence-electron chi connectivity index (χ0n) is 11.5. The van der Waals surface area contributed by atoms with Crippen molar-refractivity contribution in [1.29, 1.82) is 5.26 Å². The molecule has 0 radical (unpaired) electrons. The molecular weight excluding hydrogens is 289 g/mol. The van der Waals surface area contributed by atoms with Crippen molar-refractivity contribution in [2.24, 2.45) is 0 Å². The molecule has 0 spiro atoms. The van der Waals surface area contributed by atoms with E-state index in [-0.39, 0.29) is 11.6 Å². The first-order valence-electron chi connectivity index (χ1n) is 6.29. The molecule has 0 saturated carbocycles. The largest absolute Gasteiger partial charge is 0.496 e. The molecule has 0 heterocycles. The number of nitrogens with zero attached hydrogens (tertiary/aromatic N) is 1. The second-order valence-corrected chi connectivity index (χ2v) is 5.95. The van der Waals surface area contributed by atoms with Crippen LogP contribution in [0.4, 0.5) is 4.39 Å².